The van der Waals surface area contributed by atoms with E-state index in [1.54, 1.807) is 29.1 Å². The molecular weight excluding hydrogens is 259 g/mol. The molecule has 2 aromatic rings. The second-order valence-corrected chi connectivity index (χ2v) is 4.77. The first-order valence-corrected chi connectivity index (χ1v) is 6.56. The van der Waals surface area contributed by atoms with Crippen LogP contribution in [0.25, 0.3) is 5.69 Å². The molecule has 1 aliphatic rings. The van der Waals surface area contributed by atoms with E-state index >= 15 is 0 Å². The van der Waals surface area contributed by atoms with Crippen LogP contribution in [0, 0.1) is 5.82 Å². The lowest BCUT2D eigenvalue weighted by atomic mass is 10.2. The van der Waals surface area contributed by atoms with Crippen LogP contribution >= 0.6 is 0 Å². The fourth-order valence-electron chi connectivity index (χ4n) is 2.33. The highest BCUT2D eigenvalue weighted by Gasteiger charge is 2.22. The number of carbonyl (C=O) groups excluding carboxylic acids is 1. The van der Waals surface area contributed by atoms with E-state index in [9.17, 15) is 9.18 Å². The van der Waals surface area contributed by atoms with E-state index in [1.165, 1.54) is 12.4 Å². The van der Waals surface area contributed by atoms with Gasteiger partial charge in [-0.1, -0.05) is 0 Å². The van der Waals surface area contributed by atoms with Crippen LogP contribution in [0.3, 0.4) is 0 Å². The molecule has 1 aromatic heterocycles. The lowest BCUT2D eigenvalue weighted by molar-refractivity contribution is -0.117. The maximum absolute atomic E-state index is 14.0. The zero-order valence-electron chi connectivity index (χ0n) is 10.8. The average molecular weight is 274 g/mol. The first kappa shape index (κ1) is 12.8. The van der Waals surface area contributed by atoms with Crippen molar-refractivity contribution in [1.29, 1.82) is 0 Å². The first-order valence-electron chi connectivity index (χ1n) is 6.56. The van der Waals surface area contributed by atoms with E-state index in [4.69, 9.17) is 0 Å². The number of carbonyl (C=O) groups is 1. The van der Waals surface area contributed by atoms with Gasteiger partial charge in [0.05, 0.1) is 18.1 Å². The van der Waals surface area contributed by atoms with Crippen LogP contribution in [0.2, 0.25) is 0 Å². The summed E-state index contributed by atoms with van der Waals surface area (Å²) >= 11 is 0. The number of amides is 1. The van der Waals surface area contributed by atoms with Crippen molar-refractivity contribution < 1.29 is 9.18 Å². The SMILES string of the molecule is O=C(Nc1ccc(-n2ccnc2)c(F)c1)C1CCCN1. The van der Waals surface area contributed by atoms with Gasteiger partial charge in [-0.3, -0.25) is 4.79 Å². The Bertz CT molecular complexity index is 606. The van der Waals surface area contributed by atoms with Crippen LogP contribution in [0.4, 0.5) is 10.1 Å². The van der Waals surface area contributed by atoms with Gasteiger partial charge in [0, 0.05) is 18.1 Å². The van der Waals surface area contributed by atoms with Crippen molar-refractivity contribution in [3.05, 3.63) is 42.7 Å². The van der Waals surface area contributed by atoms with Gasteiger partial charge in [-0.15, -0.1) is 0 Å². The number of hydrogen-bond acceptors (Lipinski definition) is 3. The third-order valence-corrected chi connectivity index (χ3v) is 3.37. The Morgan fingerprint density at radius 1 is 1.50 bits per heavy atom. The molecule has 2 heterocycles. The summed E-state index contributed by atoms with van der Waals surface area (Å²) in [7, 11) is 0. The van der Waals surface area contributed by atoms with Crippen LogP contribution in [-0.2, 0) is 4.79 Å². The summed E-state index contributed by atoms with van der Waals surface area (Å²) in [5.74, 6) is -0.516. The van der Waals surface area contributed by atoms with Gasteiger partial charge in [0.15, 0.2) is 0 Å². The highest BCUT2D eigenvalue weighted by Crippen LogP contribution is 2.18. The molecule has 1 aromatic carbocycles. The Hall–Kier alpha value is -2.21. The highest BCUT2D eigenvalue weighted by atomic mass is 19.1. The summed E-state index contributed by atoms with van der Waals surface area (Å²) in [6.45, 7) is 0.853. The number of nitrogens with one attached hydrogen (secondary N) is 2. The van der Waals surface area contributed by atoms with Gasteiger partial charge in [-0.25, -0.2) is 9.37 Å². The van der Waals surface area contributed by atoms with Crippen LogP contribution < -0.4 is 10.6 Å². The Kier molecular flexibility index (Phi) is 3.47. The van der Waals surface area contributed by atoms with Gasteiger partial charge in [0.1, 0.15) is 5.82 Å². The zero-order valence-corrected chi connectivity index (χ0v) is 10.8. The summed E-state index contributed by atoms with van der Waals surface area (Å²) in [5.41, 5.74) is 0.865. The van der Waals surface area contributed by atoms with Crippen molar-refractivity contribution in [3.63, 3.8) is 0 Å². The molecule has 104 valence electrons. The highest BCUT2D eigenvalue weighted by molar-refractivity contribution is 5.95. The maximum Gasteiger partial charge on any atom is 0.241 e. The van der Waals surface area contributed by atoms with Crippen LogP contribution in [0.1, 0.15) is 12.8 Å². The molecule has 0 spiro atoms. The molecule has 1 aliphatic heterocycles. The van der Waals surface area contributed by atoms with Gasteiger partial charge >= 0.3 is 0 Å². The predicted octanol–water partition coefficient (Wildman–Crippen LogP) is 1.70. The summed E-state index contributed by atoms with van der Waals surface area (Å²) in [5, 5.41) is 5.84. The summed E-state index contributed by atoms with van der Waals surface area (Å²) < 4.78 is 15.6. The Labute approximate surface area is 115 Å². The van der Waals surface area contributed by atoms with Crippen LogP contribution in [0.5, 0.6) is 0 Å². The minimum absolute atomic E-state index is 0.114. The number of imidazole rings is 1. The van der Waals surface area contributed by atoms with E-state index in [2.05, 4.69) is 15.6 Å². The minimum atomic E-state index is -0.403. The molecule has 1 unspecified atom stereocenters. The molecule has 20 heavy (non-hydrogen) atoms. The average Bonchev–Trinajstić information content (AvgIpc) is 3.12. The molecule has 0 bridgehead atoms. The standard InChI is InChI=1S/C14H15FN4O/c15-11-8-10(18-14(20)12-2-1-5-17-12)3-4-13(11)19-7-6-16-9-19/h3-4,6-9,12,17H,1-2,5H2,(H,18,20). The minimum Gasteiger partial charge on any atom is -0.325 e. The number of nitrogens with zero attached hydrogens (tertiary/aromatic N) is 2. The van der Waals surface area contributed by atoms with E-state index in [0.29, 0.717) is 11.4 Å². The molecule has 1 atom stereocenters. The number of halogens is 1. The molecule has 0 aliphatic carbocycles. The van der Waals surface area contributed by atoms with Gasteiger partial charge in [-0.2, -0.15) is 0 Å². The zero-order chi connectivity index (χ0) is 13.9. The van der Waals surface area contributed by atoms with Crippen molar-refractivity contribution in [2.75, 3.05) is 11.9 Å². The number of benzene rings is 1. The Morgan fingerprint density at radius 2 is 2.40 bits per heavy atom. The summed E-state index contributed by atoms with van der Waals surface area (Å²) in [6, 6.07) is 4.45. The molecule has 1 amide bonds. The van der Waals surface area contributed by atoms with Crippen molar-refractivity contribution in [2.45, 2.75) is 18.9 Å². The van der Waals surface area contributed by atoms with Crippen LogP contribution in [-0.4, -0.2) is 28.0 Å². The maximum atomic E-state index is 14.0. The third kappa shape index (κ3) is 2.55. The van der Waals surface area contributed by atoms with E-state index in [0.717, 1.165) is 19.4 Å². The Balaban J connectivity index is 1.75. The number of aromatic nitrogens is 2. The number of rotatable bonds is 3. The lowest BCUT2D eigenvalue weighted by Crippen LogP contribution is -2.35. The summed E-state index contributed by atoms with van der Waals surface area (Å²) in [6.07, 6.45) is 6.59. The molecule has 1 saturated heterocycles. The largest absolute Gasteiger partial charge is 0.325 e. The van der Waals surface area contributed by atoms with Gasteiger partial charge in [-0.05, 0) is 37.6 Å². The molecule has 6 heteroatoms. The smallest absolute Gasteiger partial charge is 0.241 e. The lowest BCUT2D eigenvalue weighted by Gasteiger charge is -2.12. The van der Waals surface area contributed by atoms with Gasteiger partial charge < -0.3 is 15.2 Å². The van der Waals surface area contributed by atoms with Crippen molar-refractivity contribution in [2.24, 2.45) is 0 Å². The number of hydrogen-bond donors (Lipinski definition) is 2. The van der Waals surface area contributed by atoms with Gasteiger partial charge in [0.2, 0.25) is 5.91 Å². The molecule has 0 saturated carbocycles. The fraction of sp³-hybridized carbons (Fsp3) is 0.286. The Morgan fingerprint density at radius 3 is 3.05 bits per heavy atom. The van der Waals surface area contributed by atoms with Crippen molar-refractivity contribution in [3.8, 4) is 5.69 Å². The quantitative estimate of drug-likeness (QED) is 0.895. The fourth-order valence-corrected chi connectivity index (χ4v) is 2.33. The number of anilines is 1. The monoisotopic (exact) mass is 274 g/mol. The molecule has 5 nitrogen and oxygen atoms in total. The van der Waals surface area contributed by atoms with Crippen LogP contribution in [0.15, 0.2) is 36.9 Å². The molecule has 0 radical (unpaired) electrons. The van der Waals surface area contributed by atoms with Crippen molar-refractivity contribution in [1.82, 2.24) is 14.9 Å². The van der Waals surface area contributed by atoms with E-state index < -0.39 is 5.82 Å². The van der Waals surface area contributed by atoms with Crippen molar-refractivity contribution >= 4 is 11.6 Å². The van der Waals surface area contributed by atoms with E-state index in [-0.39, 0.29) is 11.9 Å². The summed E-state index contributed by atoms with van der Waals surface area (Å²) in [4.78, 5) is 15.8. The molecule has 2 N–H and O–H groups in total. The topological polar surface area (TPSA) is 59.0 Å². The van der Waals surface area contributed by atoms with Gasteiger partial charge in [0.25, 0.3) is 0 Å². The predicted molar refractivity (Wildman–Crippen MR) is 73.2 cm³/mol. The normalized spacial score (nSPS) is 18.1. The first-order chi connectivity index (χ1) is 9.74. The van der Waals surface area contributed by atoms with E-state index in [1.807, 2.05) is 0 Å². The molecular formula is C14H15FN4O. The third-order valence-electron chi connectivity index (χ3n) is 3.37. The second kappa shape index (κ2) is 5.42. The molecule has 3 rings (SSSR count). The second-order valence-electron chi connectivity index (χ2n) is 4.77. The molecule has 1 fully saturated rings.